The summed E-state index contributed by atoms with van der Waals surface area (Å²) in [6, 6.07) is 26.5. The Morgan fingerprint density at radius 3 is 1.30 bits per heavy atom. The van der Waals surface area contributed by atoms with E-state index in [1.165, 1.54) is 11.1 Å². The average Bonchev–Trinajstić information content (AvgIpc) is 3.75. The maximum Gasteiger partial charge on any atom is 1.00 e. The molecule has 0 fully saturated rings. The van der Waals surface area contributed by atoms with Crippen LogP contribution in [-0.2, 0) is 17.1 Å². The number of aromatic nitrogens is 8. The molecule has 44 heavy (non-hydrogen) atoms. The molecule has 0 atom stereocenters. The van der Waals surface area contributed by atoms with Gasteiger partial charge in [-0.05, 0) is 43.5 Å². The number of nitrogens with zero attached hydrogens (tertiary/aromatic N) is 6. The number of H-pyrrole nitrogens is 2. The van der Waals surface area contributed by atoms with Crippen molar-refractivity contribution in [3.8, 4) is 45.6 Å². The van der Waals surface area contributed by atoms with Gasteiger partial charge in [-0.25, -0.2) is 29.9 Å². The summed E-state index contributed by atoms with van der Waals surface area (Å²) in [6.07, 6.45) is 0. The molecule has 9 rings (SSSR count). The third-order valence-corrected chi connectivity index (χ3v) is 8.67. The second kappa shape index (κ2) is 9.64. The first-order chi connectivity index (χ1) is 21.0. The van der Waals surface area contributed by atoms with Crippen molar-refractivity contribution in [1.29, 1.82) is 0 Å². The number of aromatic amines is 2. The molecule has 0 aliphatic carbocycles. The first kappa shape index (κ1) is 26.4. The minimum absolute atomic E-state index is 0. The molecule has 4 aromatic carbocycles. The van der Waals surface area contributed by atoms with Crippen LogP contribution in [0.2, 0.25) is 0 Å². The molecule has 0 radical (unpaired) electrons. The van der Waals surface area contributed by atoms with Crippen LogP contribution in [0.3, 0.4) is 0 Å². The van der Waals surface area contributed by atoms with E-state index in [1.54, 1.807) is 0 Å². The Balaban J connectivity index is 0.00000289. The number of rotatable bonds is 0. The summed E-state index contributed by atoms with van der Waals surface area (Å²) in [5.41, 5.74) is 10.1. The number of hydrogen-bond donors (Lipinski definition) is 2. The second-order valence-corrected chi connectivity index (χ2v) is 11.1. The summed E-state index contributed by atoms with van der Waals surface area (Å²) in [4.78, 5) is 37.3. The van der Waals surface area contributed by atoms with Crippen molar-refractivity contribution in [3.63, 3.8) is 0 Å². The SMILES string of the molecule is Cc1cc2c3nc4nc(nc5[nH]c(nc6nc(nc([nH]3)c2c(C)c1C)-c1ccccc1-6)c1ccccc51)-c1ccccc1-4.[Cu+]. The molecule has 214 valence electrons. The number of benzene rings is 4. The summed E-state index contributed by atoms with van der Waals surface area (Å²) in [7, 11) is 0. The standard InChI is InChI=1S/C35H24N8.Cu/c1-17-16-26-27(19(3)18(17)2)35-42-33-25-15-9-8-14-24(25)31(40-33)38-29-21-11-5-4-10-20(21)28(36-29)37-30-22-12-6-7-13-23(22)32(39-30)41-34(26)43-35;/h4-16H,1-3H3,(H2,36,37,38,39,40,41,42,43);/q;+1. The van der Waals surface area contributed by atoms with Gasteiger partial charge in [-0.3, -0.25) is 0 Å². The van der Waals surface area contributed by atoms with Crippen LogP contribution in [0, 0.1) is 20.8 Å². The molecule has 7 aromatic rings. The Labute approximate surface area is 262 Å². The van der Waals surface area contributed by atoms with Crippen molar-refractivity contribution in [1.82, 2.24) is 39.9 Å². The van der Waals surface area contributed by atoms with Crippen LogP contribution in [-0.4, -0.2) is 39.9 Å². The normalized spacial score (nSPS) is 11.8. The number of fused-ring (bicyclic) bond motifs is 20. The predicted molar refractivity (Wildman–Crippen MR) is 170 cm³/mol. The molecule has 2 N–H and O–H groups in total. The van der Waals surface area contributed by atoms with Crippen LogP contribution in [0.25, 0.3) is 89.7 Å². The van der Waals surface area contributed by atoms with Crippen LogP contribution >= 0.6 is 0 Å². The first-order valence-corrected chi connectivity index (χ1v) is 14.2. The summed E-state index contributed by atoms with van der Waals surface area (Å²) >= 11 is 0. The fourth-order valence-electron chi connectivity index (χ4n) is 6.26. The topological polar surface area (TPSA) is 109 Å². The van der Waals surface area contributed by atoms with E-state index < -0.39 is 0 Å². The van der Waals surface area contributed by atoms with Gasteiger partial charge in [0.2, 0.25) is 0 Å². The maximum absolute atomic E-state index is 5.15. The fourth-order valence-corrected chi connectivity index (χ4v) is 6.26. The molecule has 0 saturated heterocycles. The molecule has 9 heteroatoms. The summed E-state index contributed by atoms with van der Waals surface area (Å²) in [5.74, 6) is 2.41. The van der Waals surface area contributed by atoms with Gasteiger partial charge in [0.05, 0.1) is 0 Å². The van der Waals surface area contributed by atoms with Gasteiger partial charge in [0, 0.05) is 43.8 Å². The van der Waals surface area contributed by atoms with Gasteiger partial charge >= 0.3 is 17.1 Å². The second-order valence-electron chi connectivity index (χ2n) is 11.1. The van der Waals surface area contributed by atoms with Crippen molar-refractivity contribution in [2.75, 3.05) is 0 Å². The number of aryl methyl sites for hydroxylation is 2. The van der Waals surface area contributed by atoms with E-state index in [0.717, 1.165) is 49.4 Å². The number of hydrogen-bond acceptors (Lipinski definition) is 6. The minimum atomic E-state index is 0. The smallest absolute Gasteiger partial charge is 0.324 e. The minimum Gasteiger partial charge on any atom is -0.324 e. The molecule has 8 nitrogen and oxygen atoms in total. The van der Waals surface area contributed by atoms with E-state index in [-0.39, 0.29) is 17.1 Å². The largest absolute Gasteiger partial charge is 1.00 e. The molecule has 0 spiro atoms. The van der Waals surface area contributed by atoms with E-state index in [1.807, 2.05) is 72.8 Å². The quantitative estimate of drug-likeness (QED) is 0.168. The van der Waals surface area contributed by atoms with Gasteiger partial charge in [-0.2, -0.15) is 0 Å². The Bertz CT molecular complexity index is 2510. The van der Waals surface area contributed by atoms with Crippen molar-refractivity contribution >= 4 is 44.1 Å². The summed E-state index contributed by atoms with van der Waals surface area (Å²) < 4.78 is 0. The van der Waals surface area contributed by atoms with E-state index in [2.05, 4.69) is 36.8 Å². The predicted octanol–water partition coefficient (Wildman–Crippen LogP) is 7.79. The zero-order valence-corrected chi connectivity index (χ0v) is 24.9. The van der Waals surface area contributed by atoms with E-state index in [0.29, 0.717) is 45.9 Å². The molecule has 8 bridgehead atoms. The third kappa shape index (κ3) is 3.76. The Hall–Kier alpha value is -5.24. The third-order valence-electron chi connectivity index (χ3n) is 8.67. The van der Waals surface area contributed by atoms with Gasteiger partial charge in [0.15, 0.2) is 23.3 Å². The molecule has 0 unspecified atom stereocenters. The van der Waals surface area contributed by atoms with Gasteiger partial charge in [-0.1, -0.05) is 72.8 Å². The number of nitrogens with one attached hydrogen (secondary N) is 2. The maximum atomic E-state index is 5.15. The Morgan fingerprint density at radius 1 is 0.432 bits per heavy atom. The first-order valence-electron chi connectivity index (χ1n) is 14.2. The van der Waals surface area contributed by atoms with Gasteiger partial charge in [0.1, 0.15) is 22.6 Å². The molecule has 2 aliphatic heterocycles. The van der Waals surface area contributed by atoms with Crippen molar-refractivity contribution < 1.29 is 17.1 Å². The molecule has 2 aliphatic rings. The van der Waals surface area contributed by atoms with Crippen LogP contribution in [0.4, 0.5) is 0 Å². The molecular weight excluding hydrogens is 596 g/mol. The van der Waals surface area contributed by atoms with Gasteiger partial charge < -0.3 is 9.97 Å². The van der Waals surface area contributed by atoms with Crippen LogP contribution in [0.1, 0.15) is 16.7 Å². The van der Waals surface area contributed by atoms with Crippen LogP contribution in [0.15, 0.2) is 78.9 Å². The molecule has 3 aromatic heterocycles. The van der Waals surface area contributed by atoms with Crippen molar-refractivity contribution in [3.05, 3.63) is 95.6 Å². The van der Waals surface area contributed by atoms with Crippen molar-refractivity contribution in [2.45, 2.75) is 20.8 Å². The molecule has 5 heterocycles. The van der Waals surface area contributed by atoms with Crippen molar-refractivity contribution in [2.24, 2.45) is 0 Å². The monoisotopic (exact) mass is 619 g/mol. The Kier molecular flexibility index (Phi) is 5.78. The fraction of sp³-hybridized carbons (Fsp3) is 0.0857. The van der Waals surface area contributed by atoms with E-state index in [9.17, 15) is 0 Å². The zero-order valence-electron chi connectivity index (χ0n) is 24.0. The van der Waals surface area contributed by atoms with Gasteiger partial charge in [-0.15, -0.1) is 0 Å². The zero-order chi connectivity index (χ0) is 28.8. The van der Waals surface area contributed by atoms with E-state index >= 15 is 0 Å². The summed E-state index contributed by atoms with van der Waals surface area (Å²) in [5, 5.41) is 3.93. The molecular formula is C35H24CuN8+. The molecule has 0 amide bonds. The van der Waals surface area contributed by atoms with E-state index in [4.69, 9.17) is 29.9 Å². The average molecular weight is 620 g/mol. The molecule has 0 saturated carbocycles. The summed E-state index contributed by atoms with van der Waals surface area (Å²) in [6.45, 7) is 6.42. The van der Waals surface area contributed by atoms with Gasteiger partial charge in [0.25, 0.3) is 0 Å². The van der Waals surface area contributed by atoms with Crippen LogP contribution in [0.5, 0.6) is 0 Å². The Morgan fingerprint density at radius 2 is 0.818 bits per heavy atom. The van der Waals surface area contributed by atoms with Crippen LogP contribution < -0.4 is 0 Å².